The third-order valence-electron chi connectivity index (χ3n) is 7.43. The molecule has 1 aliphatic carbocycles. The summed E-state index contributed by atoms with van der Waals surface area (Å²) in [5.74, 6) is 0.539. The highest BCUT2D eigenvalue weighted by molar-refractivity contribution is 7.52. The zero-order valence-electron chi connectivity index (χ0n) is 21.8. The smallest absolute Gasteiger partial charge is 0.412 e. The third kappa shape index (κ3) is 6.94. The molecule has 1 saturated carbocycles. The Morgan fingerprint density at radius 1 is 1.18 bits per heavy atom. The lowest BCUT2D eigenvalue weighted by atomic mass is 10.0. The molecule has 2 aliphatic heterocycles. The van der Waals surface area contributed by atoms with Gasteiger partial charge in [0.25, 0.3) is 0 Å². The quantitative estimate of drug-likeness (QED) is 0.205. The van der Waals surface area contributed by atoms with E-state index in [0.29, 0.717) is 37.9 Å². The number of rotatable bonds is 10. The van der Waals surface area contributed by atoms with Crippen LogP contribution < -0.4 is 0 Å². The number of carbonyl (C=O) groups excluding carboxylic acids is 1. The van der Waals surface area contributed by atoms with Gasteiger partial charge in [-0.15, -0.1) is 0 Å². The predicted octanol–water partition coefficient (Wildman–Crippen LogP) is 2.04. The van der Waals surface area contributed by atoms with Crippen LogP contribution in [0.2, 0.25) is 5.28 Å². The molecule has 14 nitrogen and oxygen atoms in total. The van der Waals surface area contributed by atoms with E-state index in [4.69, 9.17) is 35.1 Å². The minimum atomic E-state index is -4.28. The standard InChI is InChI=1S/C24H34ClN4O10P/c25-23-26-17(11-15-3-1-2-4-15)16-5-6-29(21(16)27-23)22-20(31)19(30)18(39-22)12-36-14-40(33,34)38-13-37-24(32)28-7-9-35-10-8-28/h5-6,15,18-20,22,30-31H,1-4,7-14H2,(H,33,34)/t18-,19-,20-,22-/m1/s1. The van der Waals surface area contributed by atoms with Crippen molar-refractivity contribution in [2.75, 3.05) is 46.1 Å². The van der Waals surface area contributed by atoms with E-state index in [1.807, 2.05) is 6.07 Å². The Hall–Kier alpha value is -1.87. The van der Waals surface area contributed by atoms with Gasteiger partial charge in [-0.3, -0.25) is 9.09 Å². The van der Waals surface area contributed by atoms with E-state index in [-0.39, 0.29) is 11.9 Å². The number of aliphatic hydroxyl groups excluding tert-OH is 2. The molecule has 3 N–H and O–H groups in total. The second kappa shape index (κ2) is 13.0. The molecule has 2 saturated heterocycles. The zero-order chi connectivity index (χ0) is 28.3. The average Bonchev–Trinajstić information content (AvgIpc) is 3.66. The lowest BCUT2D eigenvalue weighted by Gasteiger charge is -2.26. The molecule has 1 amide bonds. The van der Waals surface area contributed by atoms with Gasteiger partial charge in [0.1, 0.15) is 30.3 Å². The molecular weight excluding hydrogens is 571 g/mol. The van der Waals surface area contributed by atoms with Crippen LogP contribution in [0.4, 0.5) is 4.79 Å². The highest BCUT2D eigenvalue weighted by Crippen LogP contribution is 2.42. The second-order valence-electron chi connectivity index (χ2n) is 10.2. The molecule has 0 bridgehead atoms. The van der Waals surface area contributed by atoms with Gasteiger partial charge in [-0.1, -0.05) is 25.7 Å². The number of carbonyl (C=O) groups is 1. The largest absolute Gasteiger partial charge is 0.422 e. The fourth-order valence-corrected chi connectivity index (χ4v) is 6.14. The maximum atomic E-state index is 12.3. The van der Waals surface area contributed by atoms with Crippen molar-refractivity contribution >= 4 is 36.3 Å². The summed E-state index contributed by atoms with van der Waals surface area (Å²) in [5, 5.41) is 22.2. The van der Waals surface area contributed by atoms with Crippen LogP contribution >= 0.6 is 19.2 Å². The first kappa shape index (κ1) is 29.6. The molecule has 0 aromatic carbocycles. The molecule has 3 fully saturated rings. The van der Waals surface area contributed by atoms with Crippen LogP contribution in [0.5, 0.6) is 0 Å². The zero-order valence-corrected chi connectivity index (χ0v) is 23.5. The molecule has 1 unspecified atom stereocenters. The highest BCUT2D eigenvalue weighted by Gasteiger charge is 2.44. The summed E-state index contributed by atoms with van der Waals surface area (Å²) < 4.78 is 39.9. The Balaban J connectivity index is 1.14. The van der Waals surface area contributed by atoms with Gasteiger partial charge in [0.2, 0.25) is 12.1 Å². The summed E-state index contributed by atoms with van der Waals surface area (Å²) in [6.07, 6.45) is 1.10. The van der Waals surface area contributed by atoms with Crippen molar-refractivity contribution in [1.82, 2.24) is 19.4 Å². The summed E-state index contributed by atoms with van der Waals surface area (Å²) in [6.45, 7) is 0.445. The first-order valence-corrected chi connectivity index (χ1v) is 15.4. The summed E-state index contributed by atoms with van der Waals surface area (Å²) >= 11 is 6.24. The van der Waals surface area contributed by atoms with Gasteiger partial charge in [0.15, 0.2) is 6.23 Å². The summed E-state index contributed by atoms with van der Waals surface area (Å²) in [6, 6.07) is 1.84. The van der Waals surface area contributed by atoms with Crippen molar-refractivity contribution < 1.29 is 47.9 Å². The number of hydrogen-bond donors (Lipinski definition) is 3. The molecule has 2 aromatic heterocycles. The molecule has 0 spiro atoms. The van der Waals surface area contributed by atoms with Gasteiger partial charge in [-0.2, -0.15) is 4.98 Å². The number of fused-ring (bicyclic) bond motifs is 1. The number of hydrogen-bond acceptors (Lipinski definition) is 11. The molecule has 5 rings (SSSR count). The van der Waals surface area contributed by atoms with Crippen molar-refractivity contribution in [3.63, 3.8) is 0 Å². The maximum absolute atomic E-state index is 12.3. The van der Waals surface area contributed by atoms with Crippen molar-refractivity contribution in [2.45, 2.75) is 56.6 Å². The number of morpholine rings is 1. The van der Waals surface area contributed by atoms with Crippen LogP contribution in [0.25, 0.3) is 11.0 Å². The summed E-state index contributed by atoms with van der Waals surface area (Å²) in [4.78, 5) is 32.1. The summed E-state index contributed by atoms with van der Waals surface area (Å²) in [7, 11) is -4.28. The molecule has 0 radical (unpaired) electrons. The van der Waals surface area contributed by atoms with Gasteiger partial charge in [0.05, 0.1) is 25.5 Å². The average molecular weight is 605 g/mol. The topological polar surface area (TPSA) is 175 Å². The Labute approximate surface area is 235 Å². The van der Waals surface area contributed by atoms with E-state index in [0.717, 1.165) is 30.3 Å². The summed E-state index contributed by atoms with van der Waals surface area (Å²) in [5.41, 5.74) is 1.31. The van der Waals surface area contributed by atoms with Crippen molar-refractivity contribution in [2.24, 2.45) is 5.92 Å². The number of ether oxygens (including phenoxy) is 4. The molecule has 16 heteroatoms. The van der Waals surface area contributed by atoms with E-state index < -0.39 is 51.4 Å². The lowest BCUT2D eigenvalue weighted by Crippen LogP contribution is -2.41. The SMILES string of the molecule is O=C(OCOP(=O)(O)COC[C@H]1O[C@@H](n2ccc3c(CC4CCCC4)nc(Cl)nc32)[C@H](O)[C@@H]1O)N1CCOCC1. The van der Waals surface area contributed by atoms with Crippen LogP contribution in [0.3, 0.4) is 0 Å². The molecule has 4 heterocycles. The Kier molecular flexibility index (Phi) is 9.60. The molecule has 3 aliphatic rings. The van der Waals surface area contributed by atoms with Crippen molar-refractivity contribution in [3.8, 4) is 0 Å². The van der Waals surface area contributed by atoms with E-state index in [1.165, 1.54) is 17.7 Å². The third-order valence-corrected chi connectivity index (χ3v) is 8.62. The van der Waals surface area contributed by atoms with Crippen molar-refractivity contribution in [1.29, 1.82) is 0 Å². The van der Waals surface area contributed by atoms with E-state index in [2.05, 4.69) is 9.97 Å². The minimum Gasteiger partial charge on any atom is -0.422 e. The number of aromatic nitrogens is 3. The molecule has 40 heavy (non-hydrogen) atoms. The van der Waals surface area contributed by atoms with Gasteiger partial charge in [-0.25, -0.2) is 9.78 Å². The highest BCUT2D eigenvalue weighted by atomic mass is 35.5. The molecular formula is C24H34ClN4O10P. The van der Waals surface area contributed by atoms with Gasteiger partial charge < -0.3 is 43.5 Å². The van der Waals surface area contributed by atoms with Crippen LogP contribution in [-0.2, 0) is 34.5 Å². The van der Waals surface area contributed by atoms with Crippen molar-refractivity contribution in [3.05, 3.63) is 23.2 Å². The Morgan fingerprint density at radius 2 is 1.93 bits per heavy atom. The maximum Gasteiger partial charge on any atom is 0.412 e. The van der Waals surface area contributed by atoms with Crippen LogP contribution in [-0.4, -0.2) is 105 Å². The molecule has 222 valence electrons. The monoisotopic (exact) mass is 604 g/mol. The first-order chi connectivity index (χ1) is 19.2. The van der Waals surface area contributed by atoms with E-state index in [1.54, 1.807) is 10.8 Å². The number of aliphatic hydroxyl groups is 2. The van der Waals surface area contributed by atoms with E-state index in [9.17, 15) is 24.5 Å². The predicted molar refractivity (Wildman–Crippen MR) is 140 cm³/mol. The molecule has 2 aromatic rings. The minimum absolute atomic E-state index is 0.0858. The second-order valence-corrected chi connectivity index (χ2v) is 12.3. The normalized spacial score (nSPS) is 27.4. The Bertz CT molecular complexity index is 1220. The van der Waals surface area contributed by atoms with E-state index >= 15 is 0 Å². The molecule has 5 atom stereocenters. The van der Waals surface area contributed by atoms with Crippen LogP contribution in [0, 0.1) is 5.92 Å². The lowest BCUT2D eigenvalue weighted by molar-refractivity contribution is -0.0621. The van der Waals surface area contributed by atoms with Gasteiger partial charge >= 0.3 is 13.7 Å². The fourth-order valence-electron chi connectivity index (χ4n) is 5.33. The van der Waals surface area contributed by atoms with Crippen LogP contribution in [0.15, 0.2) is 12.3 Å². The number of nitrogens with zero attached hydrogens (tertiary/aromatic N) is 4. The number of amides is 1. The first-order valence-electron chi connectivity index (χ1n) is 13.3. The number of halogens is 1. The van der Waals surface area contributed by atoms with Crippen LogP contribution in [0.1, 0.15) is 37.6 Å². The van der Waals surface area contributed by atoms with Gasteiger partial charge in [-0.05, 0) is 30.0 Å². The Morgan fingerprint density at radius 3 is 2.67 bits per heavy atom. The van der Waals surface area contributed by atoms with Gasteiger partial charge in [0, 0.05) is 24.7 Å². The fraction of sp³-hybridized carbons (Fsp3) is 0.708.